The Morgan fingerprint density at radius 2 is 1.92 bits per heavy atom. The maximum Gasteiger partial charge on any atom is 0.249 e. The third kappa shape index (κ3) is 4.64. The Kier molecular flexibility index (Phi) is 6.30. The normalized spacial score (nSPS) is 22.9. The Balaban J connectivity index is 1.55. The summed E-state index contributed by atoms with van der Waals surface area (Å²) in [4.78, 5) is 27.1. The SMILES string of the molecule is Cc1ccc(N2CCCC(NC(=O)CC(C)C3CCNCC3)C2=O)cc1. The van der Waals surface area contributed by atoms with Crippen molar-refractivity contribution in [3.63, 3.8) is 0 Å². The number of piperidine rings is 2. The van der Waals surface area contributed by atoms with Crippen LogP contribution < -0.4 is 15.5 Å². The number of aryl methyl sites for hydroxylation is 1. The molecule has 5 nitrogen and oxygen atoms in total. The quantitative estimate of drug-likeness (QED) is 0.852. The van der Waals surface area contributed by atoms with Crippen molar-refractivity contribution in [3.8, 4) is 0 Å². The van der Waals surface area contributed by atoms with Crippen LogP contribution in [0.4, 0.5) is 5.69 Å². The summed E-state index contributed by atoms with van der Waals surface area (Å²) in [6.07, 6.45) is 4.43. The molecule has 2 N–H and O–H groups in total. The first-order chi connectivity index (χ1) is 12.5. The van der Waals surface area contributed by atoms with Gasteiger partial charge in [-0.2, -0.15) is 0 Å². The number of nitrogens with zero attached hydrogens (tertiary/aromatic N) is 1. The second-order valence-electron chi connectivity index (χ2n) is 7.86. The Morgan fingerprint density at radius 1 is 1.23 bits per heavy atom. The summed E-state index contributed by atoms with van der Waals surface area (Å²) in [5, 5.41) is 6.37. The van der Waals surface area contributed by atoms with Gasteiger partial charge in [0.25, 0.3) is 0 Å². The monoisotopic (exact) mass is 357 g/mol. The molecule has 0 saturated carbocycles. The van der Waals surface area contributed by atoms with E-state index < -0.39 is 6.04 Å². The van der Waals surface area contributed by atoms with Crippen LogP contribution in [0.3, 0.4) is 0 Å². The van der Waals surface area contributed by atoms with Crippen LogP contribution in [0.2, 0.25) is 0 Å². The van der Waals surface area contributed by atoms with Gasteiger partial charge in [-0.05, 0) is 69.7 Å². The van der Waals surface area contributed by atoms with Gasteiger partial charge in [0.05, 0.1) is 0 Å². The van der Waals surface area contributed by atoms with Gasteiger partial charge in [0.1, 0.15) is 6.04 Å². The van der Waals surface area contributed by atoms with E-state index >= 15 is 0 Å². The molecule has 1 aromatic carbocycles. The molecular formula is C21H31N3O2. The van der Waals surface area contributed by atoms with Gasteiger partial charge in [-0.3, -0.25) is 9.59 Å². The number of hydrogen-bond acceptors (Lipinski definition) is 3. The average Bonchev–Trinajstić information content (AvgIpc) is 2.65. The molecule has 3 rings (SSSR count). The third-order valence-corrected chi connectivity index (χ3v) is 5.82. The third-order valence-electron chi connectivity index (χ3n) is 5.82. The van der Waals surface area contributed by atoms with Gasteiger partial charge >= 0.3 is 0 Å². The largest absolute Gasteiger partial charge is 0.344 e. The van der Waals surface area contributed by atoms with E-state index in [0.717, 1.165) is 51.0 Å². The summed E-state index contributed by atoms with van der Waals surface area (Å²) in [5.74, 6) is 1.00. The number of carbonyl (C=O) groups is 2. The number of rotatable bonds is 5. The molecule has 2 amide bonds. The van der Waals surface area contributed by atoms with Crippen LogP contribution in [0.1, 0.15) is 44.6 Å². The van der Waals surface area contributed by atoms with Crippen molar-refractivity contribution in [3.05, 3.63) is 29.8 Å². The van der Waals surface area contributed by atoms with Gasteiger partial charge in [0.2, 0.25) is 11.8 Å². The first-order valence-electron chi connectivity index (χ1n) is 9.92. The molecule has 1 aromatic rings. The molecule has 142 valence electrons. The van der Waals surface area contributed by atoms with Crippen LogP contribution in [0, 0.1) is 18.8 Å². The molecule has 2 heterocycles. The summed E-state index contributed by atoms with van der Waals surface area (Å²) in [6.45, 7) is 7.01. The smallest absolute Gasteiger partial charge is 0.249 e. The highest BCUT2D eigenvalue weighted by atomic mass is 16.2. The molecule has 0 bridgehead atoms. The van der Waals surface area contributed by atoms with Gasteiger partial charge in [-0.1, -0.05) is 24.6 Å². The standard InChI is InChI=1S/C21H31N3O2/c1-15-5-7-18(8-6-15)24-13-3-4-19(21(24)26)23-20(25)14-16(2)17-9-11-22-12-10-17/h5-8,16-17,19,22H,3-4,9-14H2,1-2H3,(H,23,25). The van der Waals surface area contributed by atoms with Crippen LogP contribution >= 0.6 is 0 Å². The highest BCUT2D eigenvalue weighted by molar-refractivity contribution is 5.99. The number of anilines is 1. The highest BCUT2D eigenvalue weighted by Gasteiger charge is 2.31. The zero-order chi connectivity index (χ0) is 18.5. The van der Waals surface area contributed by atoms with E-state index in [1.807, 2.05) is 36.1 Å². The van der Waals surface area contributed by atoms with E-state index in [2.05, 4.69) is 17.6 Å². The Morgan fingerprint density at radius 3 is 2.62 bits per heavy atom. The first kappa shape index (κ1) is 18.9. The van der Waals surface area contributed by atoms with Gasteiger partial charge in [-0.25, -0.2) is 0 Å². The van der Waals surface area contributed by atoms with Crippen molar-refractivity contribution in [2.24, 2.45) is 11.8 Å². The molecule has 0 radical (unpaired) electrons. The zero-order valence-electron chi connectivity index (χ0n) is 16.0. The summed E-state index contributed by atoms with van der Waals surface area (Å²) in [7, 11) is 0. The molecule has 2 aliphatic heterocycles. The number of carbonyl (C=O) groups excluding carboxylic acids is 2. The van der Waals surface area contributed by atoms with Gasteiger partial charge < -0.3 is 15.5 Å². The van der Waals surface area contributed by atoms with E-state index in [0.29, 0.717) is 18.3 Å². The average molecular weight is 357 g/mol. The molecule has 0 aliphatic carbocycles. The predicted molar refractivity (Wildman–Crippen MR) is 104 cm³/mol. The lowest BCUT2D eigenvalue weighted by Gasteiger charge is -2.33. The number of hydrogen-bond donors (Lipinski definition) is 2. The Labute approximate surface area is 156 Å². The molecular weight excluding hydrogens is 326 g/mol. The fraction of sp³-hybridized carbons (Fsp3) is 0.619. The van der Waals surface area contributed by atoms with Crippen LogP contribution in [0.15, 0.2) is 24.3 Å². The van der Waals surface area contributed by atoms with E-state index in [1.165, 1.54) is 5.56 Å². The number of benzene rings is 1. The minimum Gasteiger partial charge on any atom is -0.344 e. The van der Waals surface area contributed by atoms with Crippen molar-refractivity contribution in [1.82, 2.24) is 10.6 Å². The van der Waals surface area contributed by atoms with E-state index in [-0.39, 0.29) is 11.8 Å². The molecule has 0 aromatic heterocycles. The maximum atomic E-state index is 12.8. The van der Waals surface area contributed by atoms with Gasteiger partial charge in [0, 0.05) is 18.7 Å². The fourth-order valence-electron chi connectivity index (χ4n) is 4.12. The van der Waals surface area contributed by atoms with Crippen LogP contribution in [0.5, 0.6) is 0 Å². The topological polar surface area (TPSA) is 61.4 Å². The molecule has 2 aliphatic rings. The minimum absolute atomic E-state index is 0.0140. The minimum atomic E-state index is -0.391. The first-order valence-corrected chi connectivity index (χ1v) is 9.92. The maximum absolute atomic E-state index is 12.8. The summed E-state index contributed by atoms with van der Waals surface area (Å²) in [5.41, 5.74) is 2.09. The Hall–Kier alpha value is -1.88. The van der Waals surface area contributed by atoms with Gasteiger partial charge in [-0.15, -0.1) is 0 Å². The molecule has 5 heteroatoms. The second-order valence-corrected chi connectivity index (χ2v) is 7.86. The van der Waals surface area contributed by atoms with Crippen LogP contribution in [-0.4, -0.2) is 37.5 Å². The van der Waals surface area contributed by atoms with Crippen molar-refractivity contribution < 1.29 is 9.59 Å². The molecule has 2 fully saturated rings. The van der Waals surface area contributed by atoms with Crippen LogP contribution in [-0.2, 0) is 9.59 Å². The summed E-state index contributed by atoms with van der Waals surface area (Å²) in [6, 6.07) is 7.61. The van der Waals surface area contributed by atoms with Crippen molar-refractivity contribution in [2.75, 3.05) is 24.5 Å². The number of nitrogens with one attached hydrogen (secondary N) is 2. The Bertz CT molecular complexity index is 623. The second kappa shape index (κ2) is 8.67. The predicted octanol–water partition coefficient (Wildman–Crippen LogP) is 2.63. The van der Waals surface area contributed by atoms with E-state index in [1.54, 1.807) is 0 Å². The molecule has 2 atom stereocenters. The van der Waals surface area contributed by atoms with Crippen LogP contribution in [0.25, 0.3) is 0 Å². The van der Waals surface area contributed by atoms with E-state index in [4.69, 9.17) is 0 Å². The van der Waals surface area contributed by atoms with Crippen molar-refractivity contribution >= 4 is 17.5 Å². The molecule has 2 unspecified atom stereocenters. The lowest BCUT2D eigenvalue weighted by atomic mass is 9.84. The van der Waals surface area contributed by atoms with Gasteiger partial charge in [0.15, 0.2) is 0 Å². The van der Waals surface area contributed by atoms with Crippen molar-refractivity contribution in [1.29, 1.82) is 0 Å². The highest BCUT2D eigenvalue weighted by Crippen LogP contribution is 2.25. The lowest BCUT2D eigenvalue weighted by Crippen LogP contribution is -2.52. The number of amides is 2. The summed E-state index contributed by atoms with van der Waals surface area (Å²) < 4.78 is 0. The lowest BCUT2D eigenvalue weighted by molar-refractivity contribution is -0.129. The van der Waals surface area contributed by atoms with E-state index in [9.17, 15) is 9.59 Å². The molecule has 26 heavy (non-hydrogen) atoms. The molecule has 0 spiro atoms. The summed E-state index contributed by atoms with van der Waals surface area (Å²) >= 11 is 0. The fourth-order valence-corrected chi connectivity index (χ4v) is 4.12. The zero-order valence-corrected chi connectivity index (χ0v) is 16.0. The van der Waals surface area contributed by atoms with Crippen molar-refractivity contribution in [2.45, 2.75) is 52.0 Å². The molecule has 2 saturated heterocycles.